The van der Waals surface area contributed by atoms with Gasteiger partial charge in [0.1, 0.15) is 10.6 Å². The third kappa shape index (κ3) is 5.42. The van der Waals surface area contributed by atoms with Crippen LogP contribution in [0.25, 0.3) is 0 Å². The van der Waals surface area contributed by atoms with Crippen LogP contribution in [-0.2, 0) is 10.0 Å². The van der Waals surface area contributed by atoms with E-state index in [4.69, 9.17) is 27.9 Å². The van der Waals surface area contributed by atoms with Crippen LogP contribution in [0.2, 0.25) is 10.0 Å². The van der Waals surface area contributed by atoms with Crippen LogP contribution in [0, 0.1) is 0 Å². The van der Waals surface area contributed by atoms with Gasteiger partial charge >= 0.3 is 0 Å². The Balaban J connectivity index is 1.87. The van der Waals surface area contributed by atoms with E-state index in [1.807, 2.05) is 0 Å². The first kappa shape index (κ1) is 21.9. The Labute approximate surface area is 180 Å². The number of halogens is 2. The fourth-order valence-electron chi connectivity index (χ4n) is 3.32. The largest absolute Gasteiger partial charge is 0.495 e. The Hall–Kier alpha value is -1.80. The highest BCUT2D eigenvalue weighted by Crippen LogP contribution is 2.29. The molecule has 3 rings (SSSR count). The van der Waals surface area contributed by atoms with E-state index in [9.17, 15) is 13.2 Å². The SMILES string of the molecule is COc1ccc(C(=O)Nc2cc(Cl)ccc2Cl)cc1S(=O)(=O)NC1CCCCC1. The highest BCUT2D eigenvalue weighted by molar-refractivity contribution is 7.89. The molecule has 1 amide bonds. The Bertz CT molecular complexity index is 1010. The maximum atomic E-state index is 13.0. The van der Waals surface area contributed by atoms with Crippen LogP contribution in [0.3, 0.4) is 0 Å². The molecule has 156 valence electrons. The number of carbonyl (C=O) groups excluding carboxylic acids is 1. The molecule has 2 aromatic carbocycles. The molecule has 9 heteroatoms. The zero-order chi connectivity index (χ0) is 21.0. The van der Waals surface area contributed by atoms with Gasteiger partial charge in [-0.15, -0.1) is 0 Å². The molecule has 2 aromatic rings. The van der Waals surface area contributed by atoms with E-state index in [0.717, 1.165) is 32.1 Å². The lowest BCUT2D eigenvalue weighted by Crippen LogP contribution is -2.36. The topological polar surface area (TPSA) is 84.5 Å². The minimum Gasteiger partial charge on any atom is -0.495 e. The minimum absolute atomic E-state index is 0.0737. The average molecular weight is 457 g/mol. The monoisotopic (exact) mass is 456 g/mol. The number of ether oxygens (including phenoxy) is 1. The lowest BCUT2D eigenvalue weighted by Gasteiger charge is -2.23. The molecule has 0 aromatic heterocycles. The van der Waals surface area contributed by atoms with Gasteiger partial charge in [-0.2, -0.15) is 0 Å². The first-order chi connectivity index (χ1) is 13.8. The van der Waals surface area contributed by atoms with Crippen LogP contribution in [0.15, 0.2) is 41.3 Å². The number of benzene rings is 2. The highest BCUT2D eigenvalue weighted by Gasteiger charge is 2.26. The third-order valence-corrected chi connectivity index (χ3v) is 6.93. The smallest absolute Gasteiger partial charge is 0.255 e. The number of methoxy groups -OCH3 is 1. The van der Waals surface area contributed by atoms with Crippen molar-refractivity contribution >= 4 is 44.8 Å². The van der Waals surface area contributed by atoms with Gasteiger partial charge < -0.3 is 10.1 Å². The third-order valence-electron chi connectivity index (χ3n) is 4.82. The number of anilines is 1. The summed E-state index contributed by atoms with van der Waals surface area (Å²) in [4.78, 5) is 12.6. The number of carbonyl (C=O) groups is 1. The molecule has 0 spiro atoms. The zero-order valence-corrected chi connectivity index (χ0v) is 18.2. The van der Waals surface area contributed by atoms with Crippen molar-refractivity contribution in [2.75, 3.05) is 12.4 Å². The van der Waals surface area contributed by atoms with Crippen LogP contribution in [0.1, 0.15) is 42.5 Å². The van der Waals surface area contributed by atoms with Gasteiger partial charge in [0.2, 0.25) is 10.0 Å². The summed E-state index contributed by atoms with van der Waals surface area (Å²) in [5, 5.41) is 3.39. The quantitative estimate of drug-likeness (QED) is 0.649. The van der Waals surface area contributed by atoms with Crippen LogP contribution in [-0.4, -0.2) is 27.5 Å². The average Bonchev–Trinajstić information content (AvgIpc) is 2.70. The van der Waals surface area contributed by atoms with Gasteiger partial charge in [0.15, 0.2) is 0 Å². The van der Waals surface area contributed by atoms with E-state index >= 15 is 0 Å². The summed E-state index contributed by atoms with van der Waals surface area (Å²) < 4.78 is 33.9. The number of rotatable bonds is 6. The van der Waals surface area contributed by atoms with E-state index in [0.29, 0.717) is 15.7 Å². The predicted molar refractivity (Wildman–Crippen MR) is 115 cm³/mol. The summed E-state index contributed by atoms with van der Waals surface area (Å²) in [5.74, 6) is -0.336. The van der Waals surface area contributed by atoms with Crippen molar-refractivity contribution in [2.24, 2.45) is 0 Å². The molecule has 1 saturated carbocycles. The lowest BCUT2D eigenvalue weighted by atomic mass is 9.96. The van der Waals surface area contributed by atoms with Gasteiger partial charge in [0, 0.05) is 16.6 Å². The van der Waals surface area contributed by atoms with Gasteiger partial charge in [-0.05, 0) is 49.2 Å². The molecular formula is C20H22Cl2N2O4S. The maximum absolute atomic E-state index is 13.0. The van der Waals surface area contributed by atoms with Crippen molar-refractivity contribution in [3.05, 3.63) is 52.0 Å². The molecule has 0 saturated heterocycles. The fraction of sp³-hybridized carbons (Fsp3) is 0.350. The van der Waals surface area contributed by atoms with Gasteiger partial charge in [-0.25, -0.2) is 13.1 Å². The minimum atomic E-state index is -3.85. The molecule has 0 unspecified atom stereocenters. The Morgan fingerprint density at radius 3 is 2.48 bits per heavy atom. The lowest BCUT2D eigenvalue weighted by molar-refractivity contribution is 0.102. The molecule has 0 heterocycles. The van der Waals surface area contributed by atoms with E-state index < -0.39 is 15.9 Å². The van der Waals surface area contributed by atoms with Gasteiger partial charge in [0.25, 0.3) is 5.91 Å². The summed E-state index contributed by atoms with van der Waals surface area (Å²) in [6, 6.07) is 8.84. The molecule has 0 atom stereocenters. The summed E-state index contributed by atoms with van der Waals surface area (Å²) in [6.45, 7) is 0. The summed E-state index contributed by atoms with van der Waals surface area (Å²) >= 11 is 12.0. The number of hydrogen-bond donors (Lipinski definition) is 2. The van der Waals surface area contributed by atoms with E-state index in [-0.39, 0.29) is 22.3 Å². The van der Waals surface area contributed by atoms with Crippen LogP contribution < -0.4 is 14.8 Å². The van der Waals surface area contributed by atoms with Crippen molar-refractivity contribution in [3.63, 3.8) is 0 Å². The standard InChI is InChI=1S/C20H22Cl2N2O4S/c1-28-18-10-7-13(20(25)23-17-12-14(21)8-9-16(17)22)11-19(18)29(26,27)24-15-5-3-2-4-6-15/h7-12,15,24H,2-6H2,1H3,(H,23,25). The van der Waals surface area contributed by atoms with Crippen molar-refractivity contribution < 1.29 is 17.9 Å². The van der Waals surface area contributed by atoms with E-state index in [2.05, 4.69) is 10.0 Å². The number of hydrogen-bond acceptors (Lipinski definition) is 4. The summed E-state index contributed by atoms with van der Waals surface area (Å²) in [5.41, 5.74) is 0.496. The van der Waals surface area contributed by atoms with Crippen LogP contribution in [0.4, 0.5) is 5.69 Å². The highest BCUT2D eigenvalue weighted by atomic mass is 35.5. The summed E-state index contributed by atoms with van der Waals surface area (Å²) in [7, 11) is -2.46. The first-order valence-corrected chi connectivity index (χ1v) is 11.5. The Morgan fingerprint density at radius 2 is 1.79 bits per heavy atom. The number of sulfonamides is 1. The van der Waals surface area contributed by atoms with Gasteiger partial charge in [0.05, 0.1) is 17.8 Å². The second kappa shape index (κ2) is 9.34. The maximum Gasteiger partial charge on any atom is 0.255 e. The molecule has 2 N–H and O–H groups in total. The second-order valence-corrected chi connectivity index (χ2v) is 9.43. The number of amides is 1. The van der Waals surface area contributed by atoms with Gasteiger partial charge in [-0.1, -0.05) is 42.5 Å². The first-order valence-electron chi connectivity index (χ1n) is 9.27. The summed E-state index contributed by atoms with van der Waals surface area (Å²) in [6.07, 6.45) is 4.70. The molecule has 1 aliphatic rings. The van der Waals surface area contributed by atoms with Crippen molar-refractivity contribution in [1.82, 2.24) is 4.72 Å². The molecule has 6 nitrogen and oxygen atoms in total. The van der Waals surface area contributed by atoms with Gasteiger partial charge in [-0.3, -0.25) is 4.79 Å². The van der Waals surface area contributed by atoms with Crippen molar-refractivity contribution in [3.8, 4) is 5.75 Å². The molecule has 1 fully saturated rings. The molecule has 0 bridgehead atoms. The molecule has 1 aliphatic carbocycles. The second-order valence-electron chi connectivity index (χ2n) is 6.90. The normalized spacial score (nSPS) is 15.1. The fourth-order valence-corrected chi connectivity index (χ4v) is 5.16. The Morgan fingerprint density at radius 1 is 1.07 bits per heavy atom. The zero-order valence-electron chi connectivity index (χ0n) is 15.9. The van der Waals surface area contributed by atoms with E-state index in [1.165, 1.54) is 31.4 Å². The molecular weight excluding hydrogens is 435 g/mol. The van der Waals surface area contributed by atoms with E-state index in [1.54, 1.807) is 12.1 Å². The molecule has 0 radical (unpaired) electrons. The van der Waals surface area contributed by atoms with Crippen LogP contribution >= 0.6 is 23.2 Å². The Kier molecular flexibility index (Phi) is 7.05. The molecule has 0 aliphatic heterocycles. The van der Waals surface area contributed by atoms with Crippen LogP contribution in [0.5, 0.6) is 5.75 Å². The molecule has 29 heavy (non-hydrogen) atoms. The predicted octanol–water partition coefficient (Wildman–Crippen LogP) is 4.87. The van der Waals surface area contributed by atoms with Crippen molar-refractivity contribution in [2.45, 2.75) is 43.0 Å². The number of nitrogens with one attached hydrogen (secondary N) is 2. The van der Waals surface area contributed by atoms with Crippen molar-refractivity contribution in [1.29, 1.82) is 0 Å².